The van der Waals surface area contributed by atoms with Crippen molar-refractivity contribution in [3.05, 3.63) is 29.3 Å². The maximum absolute atomic E-state index is 12.6. The second kappa shape index (κ2) is 6.57. The molecule has 0 unspecified atom stereocenters. The van der Waals surface area contributed by atoms with Gasteiger partial charge in [-0.3, -0.25) is 9.59 Å². The van der Waals surface area contributed by atoms with Crippen molar-refractivity contribution in [2.45, 2.75) is 32.3 Å². The molecule has 120 valence electrons. The number of nitrogens with zero attached hydrogens (tertiary/aromatic N) is 1. The zero-order valence-electron chi connectivity index (χ0n) is 12.7. The lowest BCUT2D eigenvalue weighted by Gasteiger charge is -2.36. The van der Waals surface area contributed by atoms with E-state index >= 15 is 0 Å². The van der Waals surface area contributed by atoms with Crippen LogP contribution in [0.5, 0.6) is 5.75 Å². The molecular weight excluding hydrogens is 306 g/mol. The third-order valence-electron chi connectivity index (χ3n) is 3.83. The van der Waals surface area contributed by atoms with Gasteiger partial charge in [-0.2, -0.15) is 0 Å². The van der Waals surface area contributed by atoms with E-state index < -0.39 is 11.6 Å². The van der Waals surface area contributed by atoms with E-state index in [1.165, 1.54) is 0 Å². The number of amides is 1. The third-order valence-corrected chi connectivity index (χ3v) is 4.09. The molecule has 0 saturated carbocycles. The van der Waals surface area contributed by atoms with Crippen LogP contribution in [-0.4, -0.2) is 40.6 Å². The van der Waals surface area contributed by atoms with Crippen LogP contribution in [0.3, 0.4) is 0 Å². The molecule has 1 heterocycles. The molecule has 1 aromatic rings. The maximum Gasteiger partial charge on any atom is 0.306 e. The number of benzene rings is 1. The summed E-state index contributed by atoms with van der Waals surface area (Å²) in [6, 6.07) is 6.84. The van der Waals surface area contributed by atoms with Crippen LogP contribution in [0.1, 0.15) is 26.7 Å². The molecule has 1 N–H and O–H groups in total. The minimum atomic E-state index is -1.01. The standard InChI is InChI=1S/C16H20ClNO4/c1-16(2,22-13-5-3-12(17)4-6-13)15(21)18-9-7-11(8-10-18)14(19)20/h3-6,11H,7-10H2,1-2H3,(H,19,20). The number of carboxylic acids is 1. The highest BCUT2D eigenvalue weighted by molar-refractivity contribution is 6.30. The molecule has 1 aliphatic rings. The first-order chi connectivity index (χ1) is 10.3. The number of rotatable bonds is 4. The van der Waals surface area contributed by atoms with Gasteiger partial charge in [0.1, 0.15) is 5.75 Å². The predicted molar refractivity (Wildman–Crippen MR) is 83.1 cm³/mol. The van der Waals surface area contributed by atoms with E-state index in [-0.39, 0.29) is 11.8 Å². The number of carboxylic acid groups (broad SMARTS) is 1. The fraction of sp³-hybridized carbons (Fsp3) is 0.500. The summed E-state index contributed by atoms with van der Waals surface area (Å²) < 4.78 is 5.78. The number of piperidine rings is 1. The van der Waals surface area contributed by atoms with Crippen LogP contribution in [-0.2, 0) is 9.59 Å². The highest BCUT2D eigenvalue weighted by atomic mass is 35.5. The predicted octanol–water partition coefficient (Wildman–Crippen LogP) is 2.82. The molecular formula is C16H20ClNO4. The summed E-state index contributed by atoms with van der Waals surface area (Å²) in [7, 11) is 0. The molecule has 0 radical (unpaired) electrons. The van der Waals surface area contributed by atoms with Crippen LogP contribution in [0.2, 0.25) is 5.02 Å². The normalized spacial score (nSPS) is 16.4. The van der Waals surface area contributed by atoms with E-state index in [1.54, 1.807) is 43.0 Å². The monoisotopic (exact) mass is 325 g/mol. The molecule has 0 aromatic heterocycles. The van der Waals surface area contributed by atoms with Gasteiger partial charge in [-0.15, -0.1) is 0 Å². The topological polar surface area (TPSA) is 66.8 Å². The first kappa shape index (κ1) is 16.6. The maximum atomic E-state index is 12.6. The highest BCUT2D eigenvalue weighted by Gasteiger charge is 2.37. The first-order valence-electron chi connectivity index (χ1n) is 7.26. The van der Waals surface area contributed by atoms with Crippen molar-refractivity contribution in [3.8, 4) is 5.75 Å². The molecule has 2 rings (SSSR count). The Bertz CT molecular complexity index is 548. The number of likely N-dealkylation sites (tertiary alicyclic amines) is 1. The average molecular weight is 326 g/mol. The molecule has 0 atom stereocenters. The van der Waals surface area contributed by atoms with Crippen LogP contribution in [0.15, 0.2) is 24.3 Å². The van der Waals surface area contributed by atoms with Gasteiger partial charge in [0.25, 0.3) is 5.91 Å². The van der Waals surface area contributed by atoms with Crippen molar-refractivity contribution in [3.63, 3.8) is 0 Å². The molecule has 0 spiro atoms. The summed E-state index contributed by atoms with van der Waals surface area (Å²) in [5.74, 6) is -0.706. The van der Waals surface area contributed by atoms with Gasteiger partial charge >= 0.3 is 5.97 Å². The summed E-state index contributed by atoms with van der Waals surface area (Å²) in [6.45, 7) is 4.33. The third kappa shape index (κ3) is 3.91. The average Bonchev–Trinajstić information content (AvgIpc) is 2.48. The van der Waals surface area contributed by atoms with Gasteiger partial charge in [0, 0.05) is 18.1 Å². The van der Waals surface area contributed by atoms with E-state index in [2.05, 4.69) is 0 Å². The van der Waals surface area contributed by atoms with Crippen LogP contribution in [0.25, 0.3) is 0 Å². The quantitative estimate of drug-likeness (QED) is 0.924. The molecule has 5 nitrogen and oxygen atoms in total. The van der Waals surface area contributed by atoms with Crippen LogP contribution in [0.4, 0.5) is 0 Å². The fourth-order valence-corrected chi connectivity index (χ4v) is 2.68. The van der Waals surface area contributed by atoms with Crippen molar-refractivity contribution >= 4 is 23.5 Å². The van der Waals surface area contributed by atoms with Crippen LogP contribution < -0.4 is 4.74 Å². The smallest absolute Gasteiger partial charge is 0.306 e. The van der Waals surface area contributed by atoms with Crippen LogP contribution >= 0.6 is 11.6 Å². The lowest BCUT2D eigenvalue weighted by atomic mass is 9.95. The summed E-state index contributed by atoms with van der Waals surface area (Å²) >= 11 is 5.83. The summed E-state index contributed by atoms with van der Waals surface area (Å²) in [5.41, 5.74) is -1.01. The number of hydrogen-bond donors (Lipinski definition) is 1. The number of carbonyl (C=O) groups is 2. The molecule has 6 heteroatoms. The number of hydrogen-bond acceptors (Lipinski definition) is 3. The molecule has 1 saturated heterocycles. The van der Waals surface area contributed by atoms with E-state index in [9.17, 15) is 9.59 Å². The molecule has 0 bridgehead atoms. The van der Waals surface area contributed by atoms with Crippen molar-refractivity contribution in [1.29, 1.82) is 0 Å². The Hall–Kier alpha value is -1.75. The Balaban J connectivity index is 1.98. The summed E-state index contributed by atoms with van der Waals surface area (Å²) in [5, 5.41) is 9.61. The number of ether oxygens (including phenoxy) is 1. The lowest BCUT2D eigenvalue weighted by Crippen LogP contribution is -2.51. The van der Waals surface area contributed by atoms with Gasteiger partial charge in [0.15, 0.2) is 5.60 Å². The minimum absolute atomic E-state index is 0.133. The van der Waals surface area contributed by atoms with Crippen molar-refractivity contribution in [2.24, 2.45) is 5.92 Å². The van der Waals surface area contributed by atoms with E-state index in [0.717, 1.165) is 0 Å². The van der Waals surface area contributed by atoms with Gasteiger partial charge in [-0.25, -0.2) is 0 Å². The van der Waals surface area contributed by atoms with Crippen molar-refractivity contribution in [2.75, 3.05) is 13.1 Å². The van der Waals surface area contributed by atoms with Crippen molar-refractivity contribution in [1.82, 2.24) is 4.90 Å². The highest BCUT2D eigenvalue weighted by Crippen LogP contribution is 2.25. The fourth-order valence-electron chi connectivity index (χ4n) is 2.55. The summed E-state index contributed by atoms with van der Waals surface area (Å²) in [6.07, 6.45) is 0.968. The number of carbonyl (C=O) groups excluding carboxylic acids is 1. The van der Waals surface area contributed by atoms with Crippen LogP contribution in [0, 0.1) is 5.92 Å². The molecule has 1 aromatic carbocycles. The lowest BCUT2D eigenvalue weighted by molar-refractivity contribution is -0.151. The van der Waals surface area contributed by atoms with Gasteiger partial charge in [-0.05, 0) is 51.0 Å². The Morgan fingerprint density at radius 1 is 1.23 bits per heavy atom. The minimum Gasteiger partial charge on any atom is -0.481 e. The second-order valence-corrected chi connectivity index (χ2v) is 6.41. The van der Waals surface area contributed by atoms with Gasteiger partial charge in [-0.1, -0.05) is 11.6 Å². The molecule has 1 amide bonds. The number of halogens is 1. The molecule has 1 fully saturated rings. The Morgan fingerprint density at radius 2 is 1.77 bits per heavy atom. The SMILES string of the molecule is CC(C)(Oc1ccc(Cl)cc1)C(=O)N1CCC(C(=O)O)CC1. The number of aliphatic carboxylic acids is 1. The van der Waals surface area contributed by atoms with E-state index in [4.69, 9.17) is 21.4 Å². The molecule has 1 aliphatic heterocycles. The first-order valence-corrected chi connectivity index (χ1v) is 7.64. The largest absolute Gasteiger partial charge is 0.481 e. The van der Waals surface area contributed by atoms with Gasteiger partial charge in [0.05, 0.1) is 5.92 Å². The molecule has 0 aliphatic carbocycles. The Labute approximate surface area is 134 Å². The molecule has 22 heavy (non-hydrogen) atoms. The summed E-state index contributed by atoms with van der Waals surface area (Å²) in [4.78, 5) is 25.2. The van der Waals surface area contributed by atoms with Gasteiger partial charge in [0.2, 0.25) is 0 Å². The Kier molecular flexibility index (Phi) is 4.96. The van der Waals surface area contributed by atoms with E-state index in [1.807, 2.05) is 0 Å². The second-order valence-electron chi connectivity index (χ2n) is 5.97. The van der Waals surface area contributed by atoms with Gasteiger partial charge < -0.3 is 14.7 Å². The zero-order chi connectivity index (χ0) is 16.3. The van der Waals surface area contributed by atoms with Crippen molar-refractivity contribution < 1.29 is 19.4 Å². The Morgan fingerprint density at radius 3 is 2.27 bits per heavy atom. The zero-order valence-corrected chi connectivity index (χ0v) is 13.5. The van der Waals surface area contributed by atoms with E-state index in [0.29, 0.717) is 36.7 Å².